The van der Waals surface area contributed by atoms with Crippen LogP contribution in [0.2, 0.25) is 0 Å². The molecule has 2 aromatic rings. The number of amides is 2. The molecule has 2 amide bonds. The Morgan fingerprint density at radius 2 is 1.88 bits per heavy atom. The van der Waals surface area contributed by atoms with Crippen LogP contribution in [-0.4, -0.2) is 24.0 Å². The van der Waals surface area contributed by atoms with E-state index in [1.54, 1.807) is 6.07 Å². The van der Waals surface area contributed by atoms with Crippen LogP contribution in [0.15, 0.2) is 48.0 Å². The lowest BCUT2D eigenvalue weighted by Gasteiger charge is -2.14. The van der Waals surface area contributed by atoms with Gasteiger partial charge in [0, 0.05) is 0 Å². The second-order valence-corrected chi connectivity index (χ2v) is 5.05. The van der Waals surface area contributed by atoms with Gasteiger partial charge in [-0.2, -0.15) is 0 Å². The fourth-order valence-electron chi connectivity index (χ4n) is 2.28. The monoisotopic (exact) mass is 328 g/mol. The average molecular weight is 328 g/mol. The number of rotatable bonds is 3. The van der Waals surface area contributed by atoms with Gasteiger partial charge in [-0.05, 0) is 48.0 Å². The number of carbonyl (C=O) groups excluding carboxylic acids is 2. The van der Waals surface area contributed by atoms with Gasteiger partial charge in [-0.1, -0.05) is 6.07 Å². The second-order valence-electron chi connectivity index (χ2n) is 5.05. The van der Waals surface area contributed by atoms with Crippen molar-refractivity contribution in [1.29, 1.82) is 0 Å². The number of hydrogen-bond donors (Lipinski definition) is 2. The SMILES string of the molecule is COc1cc(/C=C2\C(=O)NN(c3ccc(F)cc3)C2=O)ccc1O. The molecule has 0 aliphatic carbocycles. The first-order valence-electron chi connectivity index (χ1n) is 6.99. The summed E-state index contributed by atoms with van der Waals surface area (Å²) in [6.07, 6.45) is 1.39. The molecule has 0 radical (unpaired) electrons. The van der Waals surface area contributed by atoms with Gasteiger partial charge in [0.05, 0.1) is 12.8 Å². The number of hydrazine groups is 1. The van der Waals surface area contributed by atoms with Gasteiger partial charge in [-0.15, -0.1) is 0 Å². The van der Waals surface area contributed by atoms with Gasteiger partial charge in [0.1, 0.15) is 11.4 Å². The lowest BCUT2D eigenvalue weighted by molar-refractivity contribution is -0.117. The van der Waals surface area contributed by atoms with E-state index in [9.17, 15) is 19.1 Å². The van der Waals surface area contributed by atoms with Crippen molar-refractivity contribution in [1.82, 2.24) is 5.43 Å². The van der Waals surface area contributed by atoms with Crippen molar-refractivity contribution in [3.63, 3.8) is 0 Å². The number of aromatic hydroxyl groups is 1. The zero-order valence-electron chi connectivity index (χ0n) is 12.6. The van der Waals surface area contributed by atoms with E-state index in [1.165, 1.54) is 49.6 Å². The number of halogens is 1. The molecule has 7 heteroatoms. The number of phenols is 1. The van der Waals surface area contributed by atoms with Gasteiger partial charge in [-0.3, -0.25) is 15.0 Å². The number of nitrogens with zero attached hydrogens (tertiary/aromatic N) is 1. The van der Waals surface area contributed by atoms with Crippen LogP contribution in [0.5, 0.6) is 11.5 Å². The summed E-state index contributed by atoms with van der Waals surface area (Å²) in [6.45, 7) is 0. The van der Waals surface area contributed by atoms with Crippen LogP contribution in [-0.2, 0) is 9.59 Å². The molecule has 3 rings (SSSR count). The average Bonchev–Trinajstić information content (AvgIpc) is 2.85. The summed E-state index contributed by atoms with van der Waals surface area (Å²) >= 11 is 0. The summed E-state index contributed by atoms with van der Waals surface area (Å²) in [4.78, 5) is 24.5. The maximum atomic E-state index is 13.0. The fourth-order valence-corrected chi connectivity index (χ4v) is 2.28. The first kappa shape index (κ1) is 15.5. The summed E-state index contributed by atoms with van der Waals surface area (Å²) < 4.78 is 18.0. The van der Waals surface area contributed by atoms with Crippen molar-refractivity contribution in [3.05, 3.63) is 59.4 Å². The summed E-state index contributed by atoms with van der Waals surface area (Å²) in [5.74, 6) is -1.39. The summed E-state index contributed by atoms with van der Waals surface area (Å²) in [7, 11) is 1.40. The van der Waals surface area contributed by atoms with E-state index >= 15 is 0 Å². The van der Waals surface area contributed by atoms with Crippen LogP contribution in [0.25, 0.3) is 6.08 Å². The first-order valence-corrected chi connectivity index (χ1v) is 6.99. The summed E-state index contributed by atoms with van der Waals surface area (Å²) in [6, 6.07) is 9.62. The van der Waals surface area contributed by atoms with Crippen molar-refractivity contribution < 1.29 is 23.8 Å². The molecule has 1 fully saturated rings. The molecule has 2 aromatic carbocycles. The van der Waals surface area contributed by atoms with E-state index in [0.29, 0.717) is 11.3 Å². The predicted octanol–water partition coefficient (Wildman–Crippen LogP) is 2.00. The number of carbonyl (C=O) groups is 2. The molecule has 122 valence electrons. The van der Waals surface area contributed by atoms with Gasteiger partial charge in [-0.25, -0.2) is 9.40 Å². The molecule has 0 saturated carbocycles. The van der Waals surface area contributed by atoms with E-state index < -0.39 is 17.6 Å². The normalized spacial score (nSPS) is 15.8. The van der Waals surface area contributed by atoms with Crippen molar-refractivity contribution in [2.45, 2.75) is 0 Å². The number of methoxy groups -OCH3 is 1. The second kappa shape index (κ2) is 6.04. The largest absolute Gasteiger partial charge is 0.504 e. The van der Waals surface area contributed by atoms with E-state index in [4.69, 9.17) is 4.74 Å². The molecule has 0 bridgehead atoms. The van der Waals surface area contributed by atoms with Crippen LogP contribution in [0.3, 0.4) is 0 Å². The first-order chi connectivity index (χ1) is 11.5. The molecule has 24 heavy (non-hydrogen) atoms. The molecule has 6 nitrogen and oxygen atoms in total. The lowest BCUT2D eigenvalue weighted by atomic mass is 10.1. The summed E-state index contributed by atoms with van der Waals surface area (Å²) in [5, 5.41) is 10.6. The standard InChI is InChI=1S/C17H13FN2O4/c1-24-15-9-10(2-7-14(15)21)8-13-16(22)19-20(17(13)23)12-5-3-11(18)4-6-12/h2-9,21H,1H3,(H,19,22)/b13-8+. The van der Waals surface area contributed by atoms with Crippen molar-refractivity contribution >= 4 is 23.6 Å². The van der Waals surface area contributed by atoms with Gasteiger partial charge >= 0.3 is 0 Å². The van der Waals surface area contributed by atoms with E-state index in [1.807, 2.05) is 0 Å². The van der Waals surface area contributed by atoms with Crippen LogP contribution < -0.4 is 15.2 Å². The molecular weight excluding hydrogens is 315 g/mol. The minimum atomic E-state index is -0.573. The number of ether oxygens (including phenoxy) is 1. The highest BCUT2D eigenvalue weighted by molar-refractivity contribution is 6.31. The van der Waals surface area contributed by atoms with Crippen LogP contribution in [0, 0.1) is 5.82 Å². The van der Waals surface area contributed by atoms with Gasteiger partial charge in [0.2, 0.25) is 0 Å². The molecule has 1 aliphatic heterocycles. The van der Waals surface area contributed by atoms with E-state index in [2.05, 4.69) is 5.43 Å². The van der Waals surface area contributed by atoms with Crippen molar-refractivity contribution in [3.8, 4) is 11.5 Å². The molecule has 0 spiro atoms. The highest BCUT2D eigenvalue weighted by Crippen LogP contribution is 2.28. The van der Waals surface area contributed by atoms with Gasteiger partial charge in [0.15, 0.2) is 11.5 Å². The van der Waals surface area contributed by atoms with Crippen LogP contribution in [0.4, 0.5) is 10.1 Å². The maximum absolute atomic E-state index is 13.0. The Bertz CT molecular complexity index is 846. The minimum absolute atomic E-state index is 0.0465. The molecule has 1 heterocycles. The topological polar surface area (TPSA) is 78.9 Å². The predicted molar refractivity (Wildman–Crippen MR) is 84.7 cm³/mol. The third-order valence-electron chi connectivity index (χ3n) is 3.49. The highest BCUT2D eigenvalue weighted by Gasteiger charge is 2.34. The Labute approximate surface area is 136 Å². The molecular formula is C17H13FN2O4. The third kappa shape index (κ3) is 2.79. The highest BCUT2D eigenvalue weighted by atomic mass is 19.1. The summed E-state index contributed by atoms with van der Waals surface area (Å²) in [5.41, 5.74) is 3.21. The Balaban J connectivity index is 1.93. The zero-order valence-corrected chi connectivity index (χ0v) is 12.6. The Morgan fingerprint density at radius 3 is 2.54 bits per heavy atom. The van der Waals surface area contributed by atoms with E-state index in [0.717, 1.165) is 5.01 Å². The zero-order chi connectivity index (χ0) is 17.3. The maximum Gasteiger partial charge on any atom is 0.282 e. The minimum Gasteiger partial charge on any atom is -0.504 e. The molecule has 0 aromatic heterocycles. The van der Waals surface area contributed by atoms with Crippen molar-refractivity contribution in [2.75, 3.05) is 12.1 Å². The molecule has 1 saturated heterocycles. The quantitative estimate of drug-likeness (QED) is 0.667. The lowest BCUT2D eigenvalue weighted by Crippen LogP contribution is -2.35. The fraction of sp³-hybridized carbons (Fsp3) is 0.0588. The number of nitrogens with one attached hydrogen (secondary N) is 1. The molecule has 2 N–H and O–H groups in total. The number of benzene rings is 2. The smallest absolute Gasteiger partial charge is 0.282 e. The number of anilines is 1. The molecule has 1 aliphatic rings. The van der Waals surface area contributed by atoms with Crippen molar-refractivity contribution in [2.24, 2.45) is 0 Å². The third-order valence-corrected chi connectivity index (χ3v) is 3.49. The Morgan fingerprint density at radius 1 is 1.17 bits per heavy atom. The van der Waals surface area contributed by atoms with E-state index in [-0.39, 0.29) is 17.1 Å². The van der Waals surface area contributed by atoms with Gasteiger partial charge in [0.25, 0.3) is 11.8 Å². The Kier molecular flexibility index (Phi) is 3.91. The number of phenolic OH excluding ortho intramolecular Hbond substituents is 1. The van der Waals surface area contributed by atoms with Crippen LogP contribution >= 0.6 is 0 Å². The van der Waals surface area contributed by atoms with Gasteiger partial charge < -0.3 is 9.84 Å². The number of hydrogen-bond acceptors (Lipinski definition) is 4. The molecule has 0 unspecified atom stereocenters. The molecule has 0 atom stereocenters. The van der Waals surface area contributed by atoms with Crippen LogP contribution in [0.1, 0.15) is 5.56 Å². The Hall–Kier alpha value is -3.35.